The lowest BCUT2D eigenvalue weighted by atomic mass is 10.1. The van der Waals surface area contributed by atoms with E-state index in [2.05, 4.69) is 4.72 Å². The van der Waals surface area contributed by atoms with E-state index in [4.69, 9.17) is 10.5 Å². The van der Waals surface area contributed by atoms with Gasteiger partial charge in [0.05, 0.1) is 12.0 Å². The first-order chi connectivity index (χ1) is 9.92. The molecule has 0 saturated carbocycles. The van der Waals surface area contributed by atoms with Gasteiger partial charge in [0.25, 0.3) is 0 Å². The Morgan fingerprint density at radius 2 is 1.81 bits per heavy atom. The van der Waals surface area contributed by atoms with Gasteiger partial charge >= 0.3 is 0 Å². The number of nitrogens with two attached hydrogens (primary N) is 1. The summed E-state index contributed by atoms with van der Waals surface area (Å²) in [6, 6.07) is 13.1. The van der Waals surface area contributed by atoms with Gasteiger partial charge in [-0.05, 0) is 36.8 Å². The molecule has 0 saturated heterocycles. The normalized spacial score (nSPS) is 12.9. The van der Waals surface area contributed by atoms with E-state index in [1.54, 1.807) is 43.3 Å². The predicted molar refractivity (Wildman–Crippen MR) is 82.6 cm³/mol. The fourth-order valence-electron chi connectivity index (χ4n) is 1.92. The fraction of sp³-hybridized carbons (Fsp3) is 0.200. The summed E-state index contributed by atoms with van der Waals surface area (Å²) in [5.41, 5.74) is 7.11. The number of anilines is 1. The number of hydrogen-bond donors (Lipinski definition) is 2. The maximum atomic E-state index is 12.4. The van der Waals surface area contributed by atoms with Crippen molar-refractivity contribution in [3.8, 4) is 5.75 Å². The van der Waals surface area contributed by atoms with E-state index >= 15 is 0 Å². The second kappa shape index (κ2) is 6.15. The first-order valence-electron chi connectivity index (χ1n) is 6.44. The number of rotatable bonds is 5. The molecule has 0 bridgehead atoms. The van der Waals surface area contributed by atoms with Crippen LogP contribution >= 0.6 is 0 Å². The Bertz CT molecular complexity index is 712. The molecule has 0 heterocycles. The van der Waals surface area contributed by atoms with Crippen LogP contribution in [0.25, 0.3) is 0 Å². The first-order valence-corrected chi connectivity index (χ1v) is 7.92. The smallest absolute Gasteiger partial charge is 0.241 e. The lowest BCUT2D eigenvalue weighted by molar-refractivity contribution is 0.413. The van der Waals surface area contributed by atoms with Gasteiger partial charge in [-0.3, -0.25) is 0 Å². The fourth-order valence-corrected chi connectivity index (χ4v) is 3.19. The zero-order valence-corrected chi connectivity index (χ0v) is 12.7. The van der Waals surface area contributed by atoms with Crippen molar-refractivity contribution in [3.63, 3.8) is 0 Å². The summed E-state index contributed by atoms with van der Waals surface area (Å²) in [7, 11) is -2.12. The maximum Gasteiger partial charge on any atom is 0.241 e. The van der Waals surface area contributed by atoms with Crippen LogP contribution < -0.4 is 15.2 Å². The molecule has 2 rings (SSSR count). The highest BCUT2D eigenvalue weighted by molar-refractivity contribution is 7.89. The Morgan fingerprint density at radius 1 is 1.14 bits per heavy atom. The molecule has 3 N–H and O–H groups in total. The molecule has 6 heteroatoms. The molecule has 0 amide bonds. The average molecular weight is 306 g/mol. The van der Waals surface area contributed by atoms with Crippen molar-refractivity contribution in [3.05, 3.63) is 54.1 Å². The molecular weight excluding hydrogens is 288 g/mol. The molecule has 112 valence electrons. The second-order valence-corrected chi connectivity index (χ2v) is 6.40. The second-order valence-electron chi connectivity index (χ2n) is 4.69. The standard InChI is InChI=1S/C15H18N2O3S/c1-11(12-6-8-13(16)9-7-12)17-21(18,19)15-5-3-4-14(10-15)20-2/h3-11,17H,16H2,1-2H3. The summed E-state index contributed by atoms with van der Waals surface area (Å²) in [6.45, 7) is 1.78. The molecule has 5 nitrogen and oxygen atoms in total. The molecule has 0 radical (unpaired) electrons. The van der Waals surface area contributed by atoms with E-state index < -0.39 is 10.0 Å². The number of sulfonamides is 1. The Morgan fingerprint density at radius 3 is 2.43 bits per heavy atom. The molecule has 2 aromatic carbocycles. The number of ether oxygens (including phenoxy) is 1. The third kappa shape index (κ3) is 3.74. The number of nitrogen functional groups attached to an aromatic ring is 1. The van der Waals surface area contributed by atoms with Gasteiger partial charge in [0, 0.05) is 17.8 Å². The average Bonchev–Trinajstić information content (AvgIpc) is 2.47. The van der Waals surface area contributed by atoms with Crippen LogP contribution in [-0.4, -0.2) is 15.5 Å². The Kier molecular flexibility index (Phi) is 4.50. The number of nitrogens with one attached hydrogen (secondary N) is 1. The topological polar surface area (TPSA) is 81.4 Å². The van der Waals surface area contributed by atoms with Crippen LogP contribution in [0.1, 0.15) is 18.5 Å². The van der Waals surface area contributed by atoms with Gasteiger partial charge in [-0.25, -0.2) is 13.1 Å². The minimum atomic E-state index is -3.61. The van der Waals surface area contributed by atoms with Crippen LogP contribution in [0.2, 0.25) is 0 Å². The third-order valence-corrected chi connectivity index (χ3v) is 4.66. The van der Waals surface area contributed by atoms with E-state index in [-0.39, 0.29) is 10.9 Å². The molecule has 0 aliphatic rings. The molecule has 0 aliphatic heterocycles. The Balaban J connectivity index is 2.22. The van der Waals surface area contributed by atoms with E-state index in [0.717, 1.165) is 5.56 Å². The summed E-state index contributed by atoms with van der Waals surface area (Å²) in [5, 5.41) is 0. The van der Waals surface area contributed by atoms with Crippen LogP contribution in [0.4, 0.5) is 5.69 Å². The van der Waals surface area contributed by atoms with Crippen molar-refractivity contribution < 1.29 is 13.2 Å². The quantitative estimate of drug-likeness (QED) is 0.831. The van der Waals surface area contributed by atoms with Gasteiger partial charge < -0.3 is 10.5 Å². The summed E-state index contributed by atoms with van der Waals surface area (Å²) in [6.07, 6.45) is 0. The minimum absolute atomic E-state index is 0.171. The van der Waals surface area contributed by atoms with Crippen LogP contribution in [0, 0.1) is 0 Å². The first kappa shape index (κ1) is 15.3. The van der Waals surface area contributed by atoms with E-state index in [1.165, 1.54) is 19.2 Å². The zero-order valence-electron chi connectivity index (χ0n) is 11.9. The summed E-state index contributed by atoms with van der Waals surface area (Å²) in [5.74, 6) is 0.498. The van der Waals surface area contributed by atoms with E-state index in [1.807, 2.05) is 0 Å². The van der Waals surface area contributed by atoms with Gasteiger partial charge in [0.1, 0.15) is 5.75 Å². The van der Waals surface area contributed by atoms with Crippen LogP contribution in [-0.2, 0) is 10.0 Å². The SMILES string of the molecule is COc1cccc(S(=O)(=O)NC(C)c2ccc(N)cc2)c1. The molecule has 0 aliphatic carbocycles. The largest absolute Gasteiger partial charge is 0.497 e. The molecular formula is C15H18N2O3S. The minimum Gasteiger partial charge on any atom is -0.497 e. The Hall–Kier alpha value is -2.05. The van der Waals surface area contributed by atoms with Gasteiger partial charge in [-0.2, -0.15) is 0 Å². The molecule has 0 fully saturated rings. The highest BCUT2D eigenvalue weighted by Gasteiger charge is 2.18. The van der Waals surface area contributed by atoms with Crippen LogP contribution in [0.3, 0.4) is 0 Å². The number of methoxy groups -OCH3 is 1. The van der Waals surface area contributed by atoms with Crippen LogP contribution in [0.5, 0.6) is 5.75 Å². The van der Waals surface area contributed by atoms with Gasteiger partial charge in [0.2, 0.25) is 10.0 Å². The van der Waals surface area contributed by atoms with E-state index in [0.29, 0.717) is 11.4 Å². The molecule has 1 unspecified atom stereocenters. The highest BCUT2D eigenvalue weighted by atomic mass is 32.2. The monoisotopic (exact) mass is 306 g/mol. The molecule has 21 heavy (non-hydrogen) atoms. The van der Waals surface area contributed by atoms with Crippen molar-refractivity contribution >= 4 is 15.7 Å². The van der Waals surface area contributed by atoms with E-state index in [9.17, 15) is 8.42 Å². The maximum absolute atomic E-state index is 12.4. The van der Waals surface area contributed by atoms with Crippen molar-refractivity contribution in [1.29, 1.82) is 0 Å². The predicted octanol–water partition coefficient (Wildman–Crippen LogP) is 2.32. The van der Waals surface area contributed by atoms with Crippen molar-refractivity contribution in [2.24, 2.45) is 0 Å². The summed E-state index contributed by atoms with van der Waals surface area (Å²) in [4.78, 5) is 0.171. The third-order valence-electron chi connectivity index (χ3n) is 3.12. The van der Waals surface area contributed by atoms with Gasteiger partial charge in [-0.15, -0.1) is 0 Å². The van der Waals surface area contributed by atoms with Gasteiger partial charge in [0.15, 0.2) is 0 Å². The number of benzene rings is 2. The van der Waals surface area contributed by atoms with Crippen molar-refractivity contribution in [2.45, 2.75) is 17.9 Å². The molecule has 0 aromatic heterocycles. The Labute approximate surface area is 124 Å². The summed E-state index contributed by atoms with van der Waals surface area (Å²) < 4.78 is 32.4. The lowest BCUT2D eigenvalue weighted by Gasteiger charge is -2.15. The molecule has 2 aromatic rings. The summed E-state index contributed by atoms with van der Waals surface area (Å²) >= 11 is 0. The van der Waals surface area contributed by atoms with Crippen molar-refractivity contribution in [2.75, 3.05) is 12.8 Å². The van der Waals surface area contributed by atoms with Crippen LogP contribution in [0.15, 0.2) is 53.4 Å². The highest BCUT2D eigenvalue weighted by Crippen LogP contribution is 2.20. The molecule has 0 spiro atoms. The molecule has 1 atom stereocenters. The van der Waals surface area contributed by atoms with Crippen molar-refractivity contribution in [1.82, 2.24) is 4.72 Å². The zero-order chi connectivity index (χ0) is 15.5. The number of hydrogen-bond acceptors (Lipinski definition) is 4. The van der Waals surface area contributed by atoms with Gasteiger partial charge in [-0.1, -0.05) is 18.2 Å². The lowest BCUT2D eigenvalue weighted by Crippen LogP contribution is -2.26.